The third-order valence-corrected chi connectivity index (χ3v) is 6.39. The zero-order chi connectivity index (χ0) is 34.7. The van der Waals surface area contributed by atoms with Crippen molar-refractivity contribution in [1.82, 2.24) is 10.2 Å². The number of aryl methyl sites for hydroxylation is 1. The van der Waals surface area contributed by atoms with Gasteiger partial charge in [-0.25, -0.2) is 0 Å². The van der Waals surface area contributed by atoms with Gasteiger partial charge in [0, 0.05) is 50.1 Å². The minimum absolute atomic E-state index is 0.00335. The Labute approximate surface area is 271 Å². The smallest absolute Gasteiger partial charge is 0.305 e. The highest BCUT2D eigenvalue weighted by Gasteiger charge is 2.22. The Morgan fingerprint density at radius 2 is 1.61 bits per heavy atom. The summed E-state index contributed by atoms with van der Waals surface area (Å²) < 4.78 is 9.83. The van der Waals surface area contributed by atoms with Crippen LogP contribution in [0.5, 0.6) is 5.75 Å². The number of esters is 1. The molecule has 0 aliphatic carbocycles. The fourth-order valence-corrected chi connectivity index (χ4v) is 4.09. The van der Waals surface area contributed by atoms with Crippen LogP contribution in [0, 0.1) is 0 Å². The second kappa shape index (κ2) is 26.4. The summed E-state index contributed by atoms with van der Waals surface area (Å²) in [5.74, 6) is -0.714. The van der Waals surface area contributed by atoms with Gasteiger partial charge in [-0.2, -0.15) is 0 Å². The molecule has 3 rings (SSSR count). The molecule has 0 radical (unpaired) electrons. The lowest BCUT2D eigenvalue weighted by Gasteiger charge is -2.21. The van der Waals surface area contributed by atoms with E-state index >= 15 is 0 Å². The number of benzene rings is 1. The number of aliphatic hydroxyl groups excluding tert-OH is 2. The summed E-state index contributed by atoms with van der Waals surface area (Å²) >= 11 is 0. The van der Waals surface area contributed by atoms with Crippen LogP contribution in [-0.4, -0.2) is 94.0 Å². The number of nitrogens with one attached hydrogen (secondary N) is 1. The van der Waals surface area contributed by atoms with Gasteiger partial charge in [0.25, 0.3) is 18.3 Å². The number of carbonyl (C=O) groups is 5. The lowest BCUT2D eigenvalue weighted by Crippen LogP contribution is -2.32. The molecule has 5 N–H and O–H groups in total. The number of nitrogens with zero attached hydrogens (tertiary/aromatic N) is 1. The second-order valence-electron chi connectivity index (χ2n) is 10.6. The average molecular weight is 653 g/mol. The molecular formula is C33H52N2O11. The minimum Gasteiger partial charge on any atom is -0.508 e. The SMILES string of the molecule is CCC.CCC(=O)OCc1ccc(CCCCNC(=O)CCCCCN2C(=O)C=CC2=O)cc1O.O=CO.OC1COCC(O)C1. The molecule has 2 aliphatic rings. The van der Waals surface area contributed by atoms with Gasteiger partial charge in [0.05, 0.1) is 25.4 Å². The molecule has 13 heteroatoms. The Bertz CT molecular complexity index is 1050. The number of phenols is 1. The molecule has 1 aromatic rings. The first-order valence-electron chi connectivity index (χ1n) is 15.8. The molecule has 0 bridgehead atoms. The van der Waals surface area contributed by atoms with Gasteiger partial charge < -0.3 is 35.2 Å². The highest BCUT2D eigenvalue weighted by molar-refractivity contribution is 6.12. The van der Waals surface area contributed by atoms with Gasteiger partial charge in [-0.05, 0) is 43.7 Å². The Morgan fingerprint density at radius 1 is 1.00 bits per heavy atom. The molecule has 2 aliphatic heterocycles. The van der Waals surface area contributed by atoms with E-state index in [-0.39, 0.29) is 42.5 Å². The van der Waals surface area contributed by atoms with Crippen molar-refractivity contribution in [3.63, 3.8) is 0 Å². The van der Waals surface area contributed by atoms with Crippen LogP contribution in [0.25, 0.3) is 0 Å². The van der Waals surface area contributed by atoms with Gasteiger partial charge in [0.2, 0.25) is 5.91 Å². The molecule has 2 unspecified atom stereocenters. The van der Waals surface area contributed by atoms with Gasteiger partial charge >= 0.3 is 5.97 Å². The third-order valence-electron chi connectivity index (χ3n) is 6.39. The largest absolute Gasteiger partial charge is 0.508 e. The molecular weight excluding hydrogens is 600 g/mol. The van der Waals surface area contributed by atoms with E-state index in [9.17, 15) is 24.3 Å². The predicted octanol–water partition coefficient (Wildman–Crippen LogP) is 3.02. The number of aliphatic hydroxyl groups is 2. The van der Waals surface area contributed by atoms with Crippen molar-refractivity contribution < 1.29 is 53.9 Å². The molecule has 2 atom stereocenters. The molecule has 3 amide bonds. The van der Waals surface area contributed by atoms with Gasteiger partial charge in [0.15, 0.2) is 0 Å². The van der Waals surface area contributed by atoms with E-state index in [1.165, 1.54) is 23.5 Å². The summed E-state index contributed by atoms with van der Waals surface area (Å²) in [6.07, 6.45) is 8.74. The van der Waals surface area contributed by atoms with Crippen molar-refractivity contribution in [3.05, 3.63) is 41.5 Å². The third kappa shape index (κ3) is 20.3. The lowest BCUT2D eigenvalue weighted by atomic mass is 10.1. The van der Waals surface area contributed by atoms with Crippen molar-refractivity contribution in [1.29, 1.82) is 0 Å². The van der Waals surface area contributed by atoms with E-state index in [1.54, 1.807) is 19.1 Å². The topological polar surface area (TPSA) is 200 Å². The van der Waals surface area contributed by atoms with E-state index in [0.29, 0.717) is 64.0 Å². The van der Waals surface area contributed by atoms with Crippen LogP contribution in [0.3, 0.4) is 0 Å². The van der Waals surface area contributed by atoms with Crippen molar-refractivity contribution >= 4 is 30.2 Å². The molecule has 13 nitrogen and oxygen atoms in total. The fourth-order valence-electron chi connectivity index (χ4n) is 4.09. The maximum Gasteiger partial charge on any atom is 0.305 e. The average Bonchev–Trinajstić information content (AvgIpc) is 3.33. The van der Waals surface area contributed by atoms with Crippen molar-refractivity contribution in [2.75, 3.05) is 26.3 Å². The first kappa shape index (κ1) is 42.2. The van der Waals surface area contributed by atoms with Crippen LogP contribution in [-0.2, 0) is 46.5 Å². The monoisotopic (exact) mass is 652 g/mol. The summed E-state index contributed by atoms with van der Waals surface area (Å²) in [7, 11) is 0. The first-order chi connectivity index (χ1) is 22.0. The van der Waals surface area contributed by atoms with Crippen molar-refractivity contribution in [3.8, 4) is 5.75 Å². The number of aromatic hydroxyl groups is 1. The minimum atomic E-state index is -0.459. The molecule has 2 heterocycles. The van der Waals surface area contributed by atoms with E-state index in [2.05, 4.69) is 19.2 Å². The Hall–Kier alpha value is -3.81. The molecule has 1 aromatic carbocycles. The van der Waals surface area contributed by atoms with Crippen molar-refractivity contribution in [2.24, 2.45) is 0 Å². The van der Waals surface area contributed by atoms with Gasteiger partial charge in [-0.1, -0.05) is 45.7 Å². The van der Waals surface area contributed by atoms with Gasteiger partial charge in [0.1, 0.15) is 12.4 Å². The van der Waals surface area contributed by atoms with Gasteiger partial charge in [-0.15, -0.1) is 0 Å². The summed E-state index contributed by atoms with van der Waals surface area (Å²) in [4.78, 5) is 55.6. The van der Waals surface area contributed by atoms with E-state index in [4.69, 9.17) is 29.6 Å². The Balaban J connectivity index is 0.00000120. The molecule has 1 saturated heterocycles. The van der Waals surface area contributed by atoms with Gasteiger partial charge in [-0.3, -0.25) is 28.9 Å². The molecule has 0 aromatic heterocycles. The van der Waals surface area contributed by atoms with Crippen LogP contribution < -0.4 is 5.32 Å². The van der Waals surface area contributed by atoms with Crippen LogP contribution >= 0.6 is 0 Å². The Kier molecular flexibility index (Phi) is 24.2. The molecule has 260 valence electrons. The summed E-state index contributed by atoms with van der Waals surface area (Å²) in [6.45, 7) is 7.52. The van der Waals surface area contributed by atoms with Crippen LogP contribution in [0.4, 0.5) is 0 Å². The number of amides is 3. The number of ether oxygens (including phenoxy) is 2. The standard InChI is InChI=1S/C24H32N2O6.C5H10O3.C3H8.CH2O2/c1-2-24(31)32-17-19-11-10-18(16-20(19)27)8-5-6-14-25-21(28)9-4-3-7-15-26-22(29)12-13-23(26)30;6-4-1-5(7)3-8-2-4;1-3-2;2-1-3/h10-13,16,27H,2-9,14-15,17H2,1H3,(H,25,28);4-7H,1-3H2;3H2,1-2H3;1H,(H,2,3). The van der Waals surface area contributed by atoms with E-state index < -0.39 is 12.2 Å². The normalized spacial score (nSPS) is 16.6. The van der Waals surface area contributed by atoms with Crippen LogP contribution in [0.2, 0.25) is 0 Å². The van der Waals surface area contributed by atoms with E-state index in [1.807, 2.05) is 6.07 Å². The highest BCUT2D eigenvalue weighted by atomic mass is 16.5. The molecule has 46 heavy (non-hydrogen) atoms. The predicted molar refractivity (Wildman–Crippen MR) is 171 cm³/mol. The zero-order valence-electron chi connectivity index (χ0n) is 27.3. The summed E-state index contributed by atoms with van der Waals surface area (Å²) in [5, 5.41) is 37.5. The van der Waals surface area contributed by atoms with Crippen LogP contribution in [0.1, 0.15) is 89.7 Å². The molecule has 0 saturated carbocycles. The number of hydrogen-bond acceptors (Lipinski definition) is 10. The molecule has 0 spiro atoms. The maximum absolute atomic E-state index is 11.9. The number of hydrogen-bond donors (Lipinski definition) is 5. The highest BCUT2D eigenvalue weighted by Crippen LogP contribution is 2.21. The van der Waals surface area contributed by atoms with Crippen LogP contribution in [0.15, 0.2) is 30.4 Å². The number of phenolic OH excluding ortho intramolecular Hbond substituents is 1. The fraction of sp³-hybridized carbons (Fsp3) is 0.606. The number of rotatable bonds is 14. The summed E-state index contributed by atoms with van der Waals surface area (Å²) in [6, 6.07) is 5.36. The summed E-state index contributed by atoms with van der Waals surface area (Å²) in [5.41, 5.74) is 1.57. The second-order valence-corrected chi connectivity index (χ2v) is 10.6. The first-order valence-corrected chi connectivity index (χ1v) is 15.8. The quantitative estimate of drug-likeness (QED) is 0.0856. The number of imide groups is 1. The Morgan fingerprint density at radius 3 is 2.13 bits per heavy atom. The number of carboxylic acid groups (broad SMARTS) is 1. The molecule has 1 fully saturated rings. The lowest BCUT2D eigenvalue weighted by molar-refractivity contribution is -0.144. The zero-order valence-corrected chi connectivity index (χ0v) is 27.3. The number of carbonyl (C=O) groups excluding carboxylic acids is 4. The maximum atomic E-state index is 11.9. The number of unbranched alkanes of at least 4 members (excludes halogenated alkanes) is 3. The van der Waals surface area contributed by atoms with Crippen molar-refractivity contribution in [2.45, 2.75) is 104 Å². The van der Waals surface area contributed by atoms with E-state index in [0.717, 1.165) is 31.2 Å².